The second-order valence-electron chi connectivity index (χ2n) is 7.56. The van der Waals surface area contributed by atoms with Crippen LogP contribution in [-0.4, -0.2) is 0 Å². The van der Waals surface area contributed by atoms with Crippen LogP contribution in [0.1, 0.15) is 30.5 Å². The molecule has 0 radical (unpaired) electrons. The summed E-state index contributed by atoms with van der Waals surface area (Å²) in [5, 5.41) is 2.69. The van der Waals surface area contributed by atoms with E-state index in [1.54, 1.807) is 0 Å². The van der Waals surface area contributed by atoms with Crippen LogP contribution in [0.15, 0.2) is 91.0 Å². The predicted octanol–water partition coefficient (Wildman–Crippen LogP) is 7.47. The Labute approximate surface area is 175 Å². The van der Waals surface area contributed by atoms with Crippen LogP contribution < -0.4 is 0 Å². The summed E-state index contributed by atoms with van der Waals surface area (Å²) < 4.78 is 1.31. The molecule has 0 atom stereocenters. The van der Waals surface area contributed by atoms with Crippen LogP contribution in [0.3, 0.4) is 0 Å². The molecule has 0 heterocycles. The molecule has 0 bridgehead atoms. The van der Waals surface area contributed by atoms with Crippen molar-refractivity contribution < 1.29 is 0 Å². The highest BCUT2D eigenvalue weighted by Crippen LogP contribution is 2.49. The second-order valence-corrected chi connectivity index (χ2v) is 8.72. The van der Waals surface area contributed by atoms with Crippen LogP contribution in [0.2, 0.25) is 0 Å². The summed E-state index contributed by atoms with van der Waals surface area (Å²) in [6.45, 7) is 8.60. The molecule has 1 aliphatic carbocycles. The predicted molar refractivity (Wildman–Crippen MR) is 126 cm³/mol. The van der Waals surface area contributed by atoms with E-state index in [0.717, 1.165) is 6.42 Å². The maximum Gasteiger partial charge on any atom is 0.0208 e. The van der Waals surface area contributed by atoms with E-state index in [-0.39, 0.29) is 5.41 Å². The Balaban J connectivity index is 1.82. The van der Waals surface area contributed by atoms with Gasteiger partial charge < -0.3 is 0 Å². The van der Waals surface area contributed by atoms with E-state index in [9.17, 15) is 0 Å². The number of fused-ring (bicyclic) bond motifs is 2. The molecule has 0 unspecified atom stereocenters. The van der Waals surface area contributed by atoms with Gasteiger partial charge in [-0.1, -0.05) is 93.3 Å². The van der Waals surface area contributed by atoms with Gasteiger partial charge in [-0.3, -0.25) is 0 Å². The van der Waals surface area contributed by atoms with Crippen LogP contribution in [0.5, 0.6) is 0 Å². The van der Waals surface area contributed by atoms with Crippen molar-refractivity contribution in [2.45, 2.75) is 25.7 Å². The van der Waals surface area contributed by atoms with Gasteiger partial charge in [0.25, 0.3) is 0 Å². The number of halogens is 1. The summed E-state index contributed by atoms with van der Waals surface area (Å²) >= 11 is 2.43. The zero-order chi connectivity index (χ0) is 19.0. The number of hydrogen-bond donors (Lipinski definition) is 0. The van der Waals surface area contributed by atoms with Crippen LogP contribution in [-0.2, 0) is 11.8 Å². The van der Waals surface area contributed by atoms with Crippen LogP contribution >= 0.6 is 22.6 Å². The van der Waals surface area contributed by atoms with Gasteiger partial charge in [-0.15, -0.1) is 0 Å². The molecule has 27 heavy (non-hydrogen) atoms. The largest absolute Gasteiger partial charge is 0.0990 e. The molecule has 0 aromatic heterocycles. The van der Waals surface area contributed by atoms with Crippen LogP contribution in [0.4, 0.5) is 0 Å². The van der Waals surface area contributed by atoms with Crippen molar-refractivity contribution in [1.29, 1.82) is 0 Å². The van der Waals surface area contributed by atoms with E-state index in [2.05, 4.69) is 116 Å². The average molecular weight is 462 g/mol. The molecule has 3 aromatic rings. The first kappa shape index (κ1) is 18.2. The van der Waals surface area contributed by atoms with Gasteiger partial charge in [0, 0.05) is 8.99 Å². The Morgan fingerprint density at radius 1 is 0.926 bits per heavy atom. The van der Waals surface area contributed by atoms with Crippen molar-refractivity contribution in [2.24, 2.45) is 0 Å². The normalized spacial score (nSPS) is 18.2. The first-order chi connectivity index (χ1) is 13.0. The SMILES string of the molecule is C=C/C=C1\C(=C/Cc2ccc(I)c3ccccc23)C(C)(C)c2ccccc21. The molecular formula is C26H23I. The molecule has 1 heteroatoms. The fourth-order valence-electron chi connectivity index (χ4n) is 4.27. The first-order valence-corrected chi connectivity index (χ1v) is 10.4. The van der Waals surface area contributed by atoms with E-state index >= 15 is 0 Å². The van der Waals surface area contributed by atoms with Crippen molar-refractivity contribution in [1.82, 2.24) is 0 Å². The zero-order valence-corrected chi connectivity index (χ0v) is 18.0. The fraction of sp³-hybridized carbons (Fsp3) is 0.154. The summed E-state index contributed by atoms with van der Waals surface area (Å²) in [5.41, 5.74) is 6.82. The van der Waals surface area contributed by atoms with Gasteiger partial charge in [0.05, 0.1) is 0 Å². The fourth-order valence-corrected chi connectivity index (χ4v) is 4.92. The quantitative estimate of drug-likeness (QED) is 0.354. The van der Waals surface area contributed by atoms with Crippen molar-refractivity contribution in [3.05, 3.63) is 111 Å². The second kappa shape index (κ2) is 7.12. The molecule has 0 nitrogen and oxygen atoms in total. The van der Waals surface area contributed by atoms with Crippen molar-refractivity contribution >= 4 is 38.9 Å². The summed E-state index contributed by atoms with van der Waals surface area (Å²) in [4.78, 5) is 0. The highest BCUT2D eigenvalue weighted by Gasteiger charge is 2.37. The summed E-state index contributed by atoms with van der Waals surface area (Å²) in [7, 11) is 0. The van der Waals surface area contributed by atoms with E-state index in [4.69, 9.17) is 0 Å². The molecule has 0 N–H and O–H groups in total. The minimum atomic E-state index is 0.00441. The molecule has 0 spiro atoms. The Morgan fingerprint density at radius 3 is 2.41 bits per heavy atom. The standard InChI is InChI=1S/C26H23I/c1-4-9-20-21-11-7-8-13-23(21)26(2,3)24(20)16-14-18-15-17-25(27)22-12-6-5-10-19(18)22/h4-13,15-17H,1,14H2,2-3H3/b20-9-,24-16+. The van der Waals surface area contributed by atoms with Gasteiger partial charge >= 0.3 is 0 Å². The zero-order valence-electron chi connectivity index (χ0n) is 15.8. The number of benzene rings is 3. The van der Waals surface area contributed by atoms with Crippen molar-refractivity contribution in [3.63, 3.8) is 0 Å². The molecule has 0 amide bonds. The Kier molecular flexibility index (Phi) is 4.81. The third kappa shape index (κ3) is 3.08. The van der Waals surface area contributed by atoms with Gasteiger partial charge in [0.2, 0.25) is 0 Å². The highest BCUT2D eigenvalue weighted by atomic mass is 127. The van der Waals surface area contributed by atoms with Gasteiger partial charge in [-0.2, -0.15) is 0 Å². The molecule has 1 aliphatic rings. The van der Waals surface area contributed by atoms with E-state index < -0.39 is 0 Å². The molecule has 4 rings (SSSR count). The third-order valence-electron chi connectivity index (χ3n) is 5.63. The number of allylic oxidation sites excluding steroid dienone is 5. The van der Waals surface area contributed by atoms with Gasteiger partial charge in [-0.05, 0) is 73.7 Å². The van der Waals surface area contributed by atoms with E-state index in [1.165, 1.54) is 42.2 Å². The Hall–Kier alpha value is -2.13. The van der Waals surface area contributed by atoms with Crippen molar-refractivity contribution in [3.8, 4) is 0 Å². The lowest BCUT2D eigenvalue weighted by atomic mass is 9.81. The molecule has 3 aromatic carbocycles. The molecule has 134 valence electrons. The number of hydrogen-bond acceptors (Lipinski definition) is 0. The topological polar surface area (TPSA) is 0 Å². The summed E-state index contributed by atoms with van der Waals surface area (Å²) in [5.74, 6) is 0. The smallest absolute Gasteiger partial charge is 0.0208 e. The summed E-state index contributed by atoms with van der Waals surface area (Å²) in [6.07, 6.45) is 7.41. The van der Waals surface area contributed by atoms with Crippen LogP contribution in [0.25, 0.3) is 16.3 Å². The average Bonchev–Trinajstić information content (AvgIpc) is 2.89. The lowest BCUT2D eigenvalue weighted by Crippen LogP contribution is -2.15. The Bertz CT molecular complexity index is 1100. The lowest BCUT2D eigenvalue weighted by molar-refractivity contribution is 0.658. The minimum absolute atomic E-state index is 0.00441. The van der Waals surface area contributed by atoms with Gasteiger partial charge in [-0.25, -0.2) is 0 Å². The van der Waals surface area contributed by atoms with E-state index in [0.29, 0.717) is 0 Å². The minimum Gasteiger partial charge on any atom is -0.0990 e. The Morgan fingerprint density at radius 2 is 1.63 bits per heavy atom. The maximum absolute atomic E-state index is 3.94. The monoisotopic (exact) mass is 462 g/mol. The molecular weight excluding hydrogens is 439 g/mol. The van der Waals surface area contributed by atoms with Crippen LogP contribution in [0, 0.1) is 3.57 Å². The highest BCUT2D eigenvalue weighted by molar-refractivity contribution is 14.1. The third-order valence-corrected chi connectivity index (χ3v) is 6.57. The van der Waals surface area contributed by atoms with Gasteiger partial charge in [0.15, 0.2) is 0 Å². The molecule has 0 fully saturated rings. The summed E-state index contributed by atoms with van der Waals surface area (Å²) in [6, 6.07) is 22.0. The first-order valence-electron chi connectivity index (χ1n) is 9.34. The van der Waals surface area contributed by atoms with Gasteiger partial charge in [0.1, 0.15) is 0 Å². The number of rotatable bonds is 3. The molecule has 0 saturated heterocycles. The lowest BCUT2D eigenvalue weighted by Gasteiger charge is -2.22. The van der Waals surface area contributed by atoms with Crippen molar-refractivity contribution in [2.75, 3.05) is 0 Å². The molecule has 0 saturated carbocycles. The van der Waals surface area contributed by atoms with E-state index in [1.807, 2.05) is 6.08 Å². The maximum atomic E-state index is 3.94. The molecule has 0 aliphatic heterocycles.